The molecule has 2 aromatic heterocycles. The Hall–Kier alpha value is -4.32. The highest BCUT2D eigenvalue weighted by Gasteiger charge is 2.04. The number of para-hydroxylation sites is 6. The second kappa shape index (κ2) is 7.25. The molecule has 0 amide bonds. The third-order valence-electron chi connectivity index (χ3n) is 4.70. The molecule has 6 heteroatoms. The molecule has 0 saturated carbocycles. The van der Waals surface area contributed by atoms with Gasteiger partial charge in [-0.1, -0.05) is 36.4 Å². The summed E-state index contributed by atoms with van der Waals surface area (Å²) in [7, 11) is 0. The summed E-state index contributed by atoms with van der Waals surface area (Å²) in [5.41, 5.74) is 5.82. The van der Waals surface area contributed by atoms with Crippen LogP contribution in [0.4, 0.5) is 0 Å². The van der Waals surface area contributed by atoms with Gasteiger partial charge in [-0.15, -0.1) is 0 Å². The maximum absolute atomic E-state index is 9.63. The predicted octanol–water partition coefficient (Wildman–Crippen LogP) is 4.98. The molecule has 0 spiro atoms. The Labute approximate surface area is 171 Å². The normalized spacial score (nSPS) is 10.9. The van der Waals surface area contributed by atoms with Crippen molar-refractivity contribution in [2.45, 2.75) is 0 Å². The van der Waals surface area contributed by atoms with Crippen molar-refractivity contribution in [3.63, 3.8) is 0 Å². The first-order valence-corrected chi connectivity index (χ1v) is 9.38. The third-order valence-corrected chi connectivity index (χ3v) is 4.70. The molecule has 0 radical (unpaired) electrons. The van der Waals surface area contributed by atoms with Crippen LogP contribution in [0.15, 0.2) is 84.9 Å². The van der Waals surface area contributed by atoms with E-state index in [2.05, 4.69) is 19.9 Å². The van der Waals surface area contributed by atoms with E-state index in [0.29, 0.717) is 22.1 Å². The van der Waals surface area contributed by atoms with Gasteiger partial charge in [-0.25, -0.2) is 19.9 Å². The average Bonchev–Trinajstić information content (AvgIpc) is 2.78. The van der Waals surface area contributed by atoms with Gasteiger partial charge in [0.05, 0.1) is 33.1 Å². The smallest absolute Gasteiger partial charge is 0.143 e. The van der Waals surface area contributed by atoms with E-state index in [0.717, 1.165) is 22.1 Å². The van der Waals surface area contributed by atoms with Gasteiger partial charge in [0.2, 0.25) is 0 Å². The molecule has 0 fully saturated rings. The first-order chi connectivity index (χ1) is 14.7. The summed E-state index contributed by atoms with van der Waals surface area (Å²) in [5.74, 6) is 0.344. The summed E-state index contributed by atoms with van der Waals surface area (Å²) in [6, 6.07) is 25.7. The summed E-state index contributed by atoms with van der Waals surface area (Å²) >= 11 is 0. The molecule has 30 heavy (non-hydrogen) atoms. The number of hydrogen-bond acceptors (Lipinski definition) is 6. The van der Waals surface area contributed by atoms with E-state index >= 15 is 0 Å². The molecule has 0 bridgehead atoms. The van der Waals surface area contributed by atoms with Crippen LogP contribution in [0.3, 0.4) is 0 Å². The molecule has 144 valence electrons. The molecule has 0 aliphatic carbocycles. The van der Waals surface area contributed by atoms with Crippen LogP contribution in [0, 0.1) is 0 Å². The molecule has 4 aromatic carbocycles. The lowest BCUT2D eigenvalue weighted by Crippen LogP contribution is -1.86. The van der Waals surface area contributed by atoms with Crippen molar-refractivity contribution in [2.75, 3.05) is 0 Å². The topological polar surface area (TPSA) is 92.0 Å². The minimum absolute atomic E-state index is 0.172. The standard InChI is InChI=1S/2C12H8N2O/c2*15-11-7-3-6-10-12(11)14-9-5-2-1-4-8(9)13-10/h2*1-7,15H. The van der Waals surface area contributed by atoms with Crippen LogP contribution in [-0.4, -0.2) is 30.1 Å². The zero-order chi connectivity index (χ0) is 20.5. The fourth-order valence-electron chi connectivity index (χ4n) is 3.26. The van der Waals surface area contributed by atoms with Gasteiger partial charge < -0.3 is 10.2 Å². The maximum atomic E-state index is 9.63. The lowest BCUT2D eigenvalue weighted by Gasteiger charge is -2.01. The maximum Gasteiger partial charge on any atom is 0.143 e. The SMILES string of the molecule is Oc1cccc2nc3ccccc3nc12.Oc1cccc2nc3ccccc3nc12. The minimum atomic E-state index is 0.172. The molecule has 6 rings (SSSR count). The molecule has 6 aromatic rings. The van der Waals surface area contributed by atoms with Crippen LogP contribution in [0.1, 0.15) is 0 Å². The monoisotopic (exact) mass is 392 g/mol. The summed E-state index contributed by atoms with van der Waals surface area (Å²) in [6.45, 7) is 0. The third kappa shape index (κ3) is 3.20. The lowest BCUT2D eigenvalue weighted by molar-refractivity contribution is 0.480. The number of hydrogen-bond donors (Lipinski definition) is 2. The van der Waals surface area contributed by atoms with E-state index in [1.54, 1.807) is 24.3 Å². The lowest BCUT2D eigenvalue weighted by atomic mass is 10.2. The van der Waals surface area contributed by atoms with Crippen molar-refractivity contribution >= 4 is 44.1 Å². The molecule has 2 heterocycles. The van der Waals surface area contributed by atoms with Crippen molar-refractivity contribution in [3.05, 3.63) is 84.9 Å². The number of phenolic OH excluding ortho intramolecular Hbond substituents is 2. The second-order valence-corrected chi connectivity index (χ2v) is 6.71. The molecule has 0 aliphatic rings. The van der Waals surface area contributed by atoms with Crippen molar-refractivity contribution in [1.29, 1.82) is 0 Å². The summed E-state index contributed by atoms with van der Waals surface area (Å²) in [5, 5.41) is 19.3. The first-order valence-electron chi connectivity index (χ1n) is 9.38. The molecule has 2 N–H and O–H groups in total. The van der Waals surface area contributed by atoms with Crippen LogP contribution < -0.4 is 0 Å². The van der Waals surface area contributed by atoms with E-state index in [4.69, 9.17) is 0 Å². The second-order valence-electron chi connectivity index (χ2n) is 6.71. The highest BCUT2D eigenvalue weighted by atomic mass is 16.3. The van der Waals surface area contributed by atoms with Gasteiger partial charge in [0.15, 0.2) is 0 Å². The number of benzene rings is 4. The Balaban J connectivity index is 0.000000128. The van der Waals surface area contributed by atoms with Gasteiger partial charge in [0.25, 0.3) is 0 Å². The Morgan fingerprint density at radius 3 is 1.10 bits per heavy atom. The van der Waals surface area contributed by atoms with Gasteiger partial charge in [-0.3, -0.25) is 0 Å². The zero-order valence-electron chi connectivity index (χ0n) is 15.8. The summed E-state index contributed by atoms with van der Waals surface area (Å²) in [4.78, 5) is 17.6. The molecule has 0 atom stereocenters. The zero-order valence-corrected chi connectivity index (χ0v) is 15.8. The number of aromatic nitrogens is 4. The molecule has 0 aliphatic heterocycles. The van der Waals surface area contributed by atoms with Gasteiger partial charge in [-0.05, 0) is 48.5 Å². The highest BCUT2D eigenvalue weighted by Crippen LogP contribution is 2.24. The van der Waals surface area contributed by atoms with Crippen molar-refractivity contribution in [2.24, 2.45) is 0 Å². The van der Waals surface area contributed by atoms with Crippen LogP contribution in [0.25, 0.3) is 44.1 Å². The van der Waals surface area contributed by atoms with Crippen molar-refractivity contribution in [1.82, 2.24) is 19.9 Å². The Morgan fingerprint density at radius 2 is 0.700 bits per heavy atom. The fourth-order valence-corrected chi connectivity index (χ4v) is 3.26. The quantitative estimate of drug-likeness (QED) is 0.354. The van der Waals surface area contributed by atoms with Crippen molar-refractivity contribution < 1.29 is 10.2 Å². The van der Waals surface area contributed by atoms with Crippen LogP contribution in [0.5, 0.6) is 11.5 Å². The van der Waals surface area contributed by atoms with E-state index in [1.165, 1.54) is 0 Å². The number of phenols is 2. The number of rotatable bonds is 0. The van der Waals surface area contributed by atoms with E-state index in [1.807, 2.05) is 60.7 Å². The Morgan fingerprint density at radius 1 is 0.367 bits per heavy atom. The van der Waals surface area contributed by atoms with Gasteiger partial charge in [0.1, 0.15) is 22.5 Å². The Kier molecular flexibility index (Phi) is 4.29. The predicted molar refractivity (Wildman–Crippen MR) is 117 cm³/mol. The van der Waals surface area contributed by atoms with Gasteiger partial charge in [0, 0.05) is 0 Å². The summed E-state index contributed by atoms with van der Waals surface area (Å²) in [6.07, 6.45) is 0. The Bertz CT molecular complexity index is 1420. The number of aromatic hydroxyl groups is 2. The molecular weight excluding hydrogens is 376 g/mol. The molecule has 0 unspecified atom stereocenters. The average molecular weight is 392 g/mol. The van der Waals surface area contributed by atoms with Crippen LogP contribution in [0.2, 0.25) is 0 Å². The number of fused-ring (bicyclic) bond motifs is 4. The van der Waals surface area contributed by atoms with Crippen molar-refractivity contribution in [3.8, 4) is 11.5 Å². The van der Waals surface area contributed by atoms with Crippen LogP contribution in [-0.2, 0) is 0 Å². The minimum Gasteiger partial charge on any atom is -0.506 e. The van der Waals surface area contributed by atoms with E-state index < -0.39 is 0 Å². The highest BCUT2D eigenvalue weighted by molar-refractivity contribution is 5.90. The first kappa shape index (κ1) is 17.8. The molecular formula is C24H16N4O2. The largest absolute Gasteiger partial charge is 0.506 e. The molecule has 6 nitrogen and oxygen atoms in total. The van der Waals surface area contributed by atoms with Gasteiger partial charge >= 0.3 is 0 Å². The summed E-state index contributed by atoms with van der Waals surface area (Å²) < 4.78 is 0. The van der Waals surface area contributed by atoms with E-state index in [-0.39, 0.29) is 11.5 Å². The fraction of sp³-hybridized carbons (Fsp3) is 0. The van der Waals surface area contributed by atoms with Crippen LogP contribution >= 0.6 is 0 Å². The van der Waals surface area contributed by atoms with E-state index in [9.17, 15) is 10.2 Å². The van der Waals surface area contributed by atoms with Gasteiger partial charge in [-0.2, -0.15) is 0 Å². The number of nitrogens with zero attached hydrogens (tertiary/aromatic N) is 4. The molecule has 0 saturated heterocycles.